The number of amides is 3. The molecule has 1 aromatic heterocycles. The average Bonchev–Trinajstić information content (AvgIpc) is 2.95. The predicted octanol–water partition coefficient (Wildman–Crippen LogP) is 1.37. The molecule has 3 rings (SSSR count). The number of hydrogen-bond donors (Lipinski definition) is 3. The molecule has 2 aliphatic rings. The highest BCUT2D eigenvalue weighted by molar-refractivity contribution is 5.79. The fourth-order valence-electron chi connectivity index (χ4n) is 3.28. The van der Waals surface area contributed by atoms with E-state index in [-0.39, 0.29) is 17.9 Å². The number of imidazole rings is 1. The zero-order valence-electron chi connectivity index (χ0n) is 14.9. The van der Waals surface area contributed by atoms with Crippen molar-refractivity contribution in [3.63, 3.8) is 0 Å². The van der Waals surface area contributed by atoms with E-state index in [1.54, 1.807) is 0 Å². The Balaban J connectivity index is 1.22. The third kappa shape index (κ3) is 5.21. The Kier molecular flexibility index (Phi) is 6.30. The lowest BCUT2D eigenvalue weighted by molar-refractivity contribution is -0.127. The lowest BCUT2D eigenvalue weighted by atomic mass is 9.85. The van der Waals surface area contributed by atoms with E-state index in [0.29, 0.717) is 19.6 Å². The molecule has 138 valence electrons. The summed E-state index contributed by atoms with van der Waals surface area (Å²) in [6.45, 7) is 2.83. The van der Waals surface area contributed by atoms with Crippen molar-refractivity contribution in [3.8, 4) is 0 Å². The quantitative estimate of drug-likeness (QED) is 0.621. The van der Waals surface area contributed by atoms with Gasteiger partial charge in [-0.3, -0.25) is 4.79 Å². The molecule has 1 fully saturated rings. The summed E-state index contributed by atoms with van der Waals surface area (Å²) in [6, 6.07) is -0.158. The number of rotatable bonds is 8. The number of urea groups is 1. The van der Waals surface area contributed by atoms with Crippen LogP contribution in [-0.4, -0.2) is 41.1 Å². The Morgan fingerprint density at radius 3 is 2.64 bits per heavy atom. The SMILES string of the molecule is O=C(NCCCNC(=O)C1CCC1)NCCc1cn2c(n1)CCCC2. The van der Waals surface area contributed by atoms with E-state index < -0.39 is 0 Å². The highest BCUT2D eigenvalue weighted by Crippen LogP contribution is 2.26. The van der Waals surface area contributed by atoms with Crippen LogP contribution in [0.5, 0.6) is 0 Å². The van der Waals surface area contributed by atoms with Crippen molar-refractivity contribution >= 4 is 11.9 Å². The molecule has 0 radical (unpaired) electrons. The summed E-state index contributed by atoms with van der Waals surface area (Å²) >= 11 is 0. The molecule has 7 nitrogen and oxygen atoms in total. The topological polar surface area (TPSA) is 88.0 Å². The van der Waals surface area contributed by atoms with E-state index in [1.807, 2.05) is 0 Å². The first-order valence-corrected chi connectivity index (χ1v) is 9.57. The van der Waals surface area contributed by atoms with Crippen LogP contribution in [0.15, 0.2) is 6.20 Å². The molecule has 1 aliphatic heterocycles. The van der Waals surface area contributed by atoms with E-state index in [4.69, 9.17) is 0 Å². The molecule has 3 amide bonds. The van der Waals surface area contributed by atoms with Crippen molar-refractivity contribution in [2.45, 2.75) is 57.9 Å². The lowest BCUT2D eigenvalue weighted by Crippen LogP contribution is -2.39. The van der Waals surface area contributed by atoms with Crippen molar-refractivity contribution in [3.05, 3.63) is 17.7 Å². The number of aryl methyl sites for hydroxylation is 2. The number of aromatic nitrogens is 2. The van der Waals surface area contributed by atoms with Gasteiger partial charge in [0.15, 0.2) is 0 Å². The van der Waals surface area contributed by atoms with Crippen molar-refractivity contribution in [2.75, 3.05) is 19.6 Å². The third-order valence-corrected chi connectivity index (χ3v) is 5.04. The number of nitrogens with zero attached hydrogens (tertiary/aromatic N) is 2. The van der Waals surface area contributed by atoms with Gasteiger partial charge in [-0.05, 0) is 32.1 Å². The number of carbonyl (C=O) groups is 2. The fraction of sp³-hybridized carbons (Fsp3) is 0.722. The molecule has 0 bridgehead atoms. The fourth-order valence-corrected chi connectivity index (χ4v) is 3.28. The number of carbonyl (C=O) groups excluding carboxylic acids is 2. The minimum absolute atomic E-state index is 0.158. The Morgan fingerprint density at radius 2 is 1.88 bits per heavy atom. The van der Waals surface area contributed by atoms with Gasteiger partial charge in [0, 0.05) is 51.1 Å². The van der Waals surface area contributed by atoms with Gasteiger partial charge in [0.2, 0.25) is 5.91 Å². The standard InChI is InChI=1S/C18H29N5O2/c24-17(14-5-3-6-14)19-9-4-10-20-18(25)21-11-8-15-13-23-12-2-1-7-16(23)22-15/h13-14H,1-12H2,(H,19,24)(H2,20,21,25). The van der Waals surface area contributed by atoms with Gasteiger partial charge in [-0.15, -0.1) is 0 Å². The minimum atomic E-state index is -0.158. The van der Waals surface area contributed by atoms with Gasteiger partial charge in [-0.25, -0.2) is 9.78 Å². The number of fused-ring (bicyclic) bond motifs is 1. The molecule has 1 aliphatic carbocycles. The minimum Gasteiger partial charge on any atom is -0.356 e. The normalized spacial score (nSPS) is 16.6. The predicted molar refractivity (Wildman–Crippen MR) is 95.2 cm³/mol. The molecule has 0 unspecified atom stereocenters. The molecular weight excluding hydrogens is 318 g/mol. The van der Waals surface area contributed by atoms with Crippen molar-refractivity contribution < 1.29 is 9.59 Å². The maximum absolute atomic E-state index is 11.8. The molecular formula is C18H29N5O2. The van der Waals surface area contributed by atoms with E-state index in [9.17, 15) is 9.59 Å². The second kappa shape index (κ2) is 8.87. The summed E-state index contributed by atoms with van der Waals surface area (Å²) in [7, 11) is 0. The van der Waals surface area contributed by atoms with Crippen molar-refractivity contribution in [2.24, 2.45) is 5.92 Å². The van der Waals surface area contributed by atoms with Crippen LogP contribution in [0.2, 0.25) is 0 Å². The van der Waals surface area contributed by atoms with Gasteiger partial charge in [0.05, 0.1) is 5.69 Å². The van der Waals surface area contributed by atoms with Gasteiger partial charge in [0.1, 0.15) is 5.82 Å². The smallest absolute Gasteiger partial charge is 0.314 e. The second-order valence-corrected chi connectivity index (χ2v) is 7.00. The molecule has 1 aromatic rings. The molecule has 25 heavy (non-hydrogen) atoms. The first-order valence-electron chi connectivity index (χ1n) is 9.57. The summed E-state index contributed by atoms with van der Waals surface area (Å²) in [5.74, 6) is 1.57. The molecule has 3 N–H and O–H groups in total. The van der Waals surface area contributed by atoms with Crippen molar-refractivity contribution in [1.82, 2.24) is 25.5 Å². The van der Waals surface area contributed by atoms with Gasteiger partial charge in [0.25, 0.3) is 0 Å². The summed E-state index contributed by atoms with van der Waals surface area (Å²) < 4.78 is 2.23. The molecule has 2 heterocycles. The summed E-state index contributed by atoms with van der Waals surface area (Å²) in [4.78, 5) is 28.0. The molecule has 0 spiro atoms. The molecule has 0 atom stereocenters. The molecule has 1 saturated carbocycles. The van der Waals surface area contributed by atoms with Crippen LogP contribution >= 0.6 is 0 Å². The first-order chi connectivity index (χ1) is 12.2. The van der Waals surface area contributed by atoms with Crippen LogP contribution in [-0.2, 0) is 24.2 Å². The summed E-state index contributed by atoms with van der Waals surface area (Å²) in [5.41, 5.74) is 1.05. The Bertz CT molecular complexity index is 571. The summed E-state index contributed by atoms with van der Waals surface area (Å²) in [6.07, 6.45) is 10.3. The molecule has 7 heteroatoms. The lowest BCUT2D eigenvalue weighted by Gasteiger charge is -2.23. The second-order valence-electron chi connectivity index (χ2n) is 7.00. The van der Waals surface area contributed by atoms with E-state index in [1.165, 1.54) is 25.1 Å². The highest BCUT2D eigenvalue weighted by Gasteiger charge is 2.24. The van der Waals surface area contributed by atoms with Gasteiger partial charge < -0.3 is 20.5 Å². The van der Waals surface area contributed by atoms with Crippen LogP contribution in [0.1, 0.15) is 50.0 Å². The number of nitrogens with one attached hydrogen (secondary N) is 3. The maximum Gasteiger partial charge on any atom is 0.314 e. The zero-order chi connectivity index (χ0) is 17.5. The third-order valence-electron chi connectivity index (χ3n) is 5.04. The average molecular weight is 347 g/mol. The zero-order valence-corrected chi connectivity index (χ0v) is 14.9. The maximum atomic E-state index is 11.8. The molecule has 0 aromatic carbocycles. The van der Waals surface area contributed by atoms with Crippen LogP contribution in [0.3, 0.4) is 0 Å². The number of hydrogen-bond acceptors (Lipinski definition) is 3. The van der Waals surface area contributed by atoms with Crippen LogP contribution in [0.25, 0.3) is 0 Å². The van der Waals surface area contributed by atoms with E-state index in [0.717, 1.165) is 44.3 Å². The van der Waals surface area contributed by atoms with Crippen molar-refractivity contribution in [1.29, 1.82) is 0 Å². The van der Waals surface area contributed by atoms with Crippen LogP contribution in [0.4, 0.5) is 4.79 Å². The highest BCUT2D eigenvalue weighted by atomic mass is 16.2. The van der Waals surface area contributed by atoms with Gasteiger partial charge >= 0.3 is 6.03 Å². The summed E-state index contributed by atoms with van der Waals surface area (Å²) in [5, 5.41) is 8.61. The van der Waals surface area contributed by atoms with E-state index in [2.05, 4.69) is 31.7 Å². The Labute approximate surface area is 149 Å². The first kappa shape index (κ1) is 17.8. The van der Waals surface area contributed by atoms with Crippen LogP contribution in [0, 0.1) is 5.92 Å². The van der Waals surface area contributed by atoms with Gasteiger partial charge in [-0.2, -0.15) is 0 Å². The van der Waals surface area contributed by atoms with Gasteiger partial charge in [-0.1, -0.05) is 6.42 Å². The van der Waals surface area contributed by atoms with Crippen LogP contribution < -0.4 is 16.0 Å². The van der Waals surface area contributed by atoms with E-state index >= 15 is 0 Å². The molecule has 0 saturated heterocycles. The largest absolute Gasteiger partial charge is 0.356 e. The Morgan fingerprint density at radius 1 is 1.08 bits per heavy atom. The Hall–Kier alpha value is -2.05. The monoisotopic (exact) mass is 347 g/mol.